The van der Waals surface area contributed by atoms with Gasteiger partial charge in [-0.25, -0.2) is 0 Å². The van der Waals surface area contributed by atoms with Crippen LogP contribution in [-0.4, -0.2) is 41.9 Å². The number of piperidine rings is 2. The lowest BCUT2D eigenvalue weighted by atomic mass is 9.71. The van der Waals surface area contributed by atoms with Crippen LogP contribution < -0.4 is 5.73 Å². The van der Waals surface area contributed by atoms with Crippen molar-refractivity contribution >= 4 is 5.91 Å². The standard InChI is InChI=1S/C24H31N3O/c25-23(28)22-8-6-21(7-9-22)19-27-16-12-24(13-17-27)10-14-26(15-11-24)18-20-4-2-1-3-5-20/h1-9H,10-19H2,(H2,25,28). The van der Waals surface area contributed by atoms with E-state index in [9.17, 15) is 4.79 Å². The molecule has 0 radical (unpaired) electrons. The molecule has 1 amide bonds. The Kier molecular flexibility index (Phi) is 5.79. The number of amides is 1. The first-order valence-corrected chi connectivity index (χ1v) is 10.5. The third-order valence-electron chi connectivity index (χ3n) is 6.73. The number of hydrogen-bond donors (Lipinski definition) is 1. The molecule has 148 valence electrons. The summed E-state index contributed by atoms with van der Waals surface area (Å²) in [5.74, 6) is -0.356. The topological polar surface area (TPSA) is 49.6 Å². The molecule has 0 bridgehead atoms. The van der Waals surface area contributed by atoms with Gasteiger partial charge in [-0.3, -0.25) is 14.6 Å². The Bertz CT molecular complexity index is 769. The van der Waals surface area contributed by atoms with E-state index >= 15 is 0 Å². The molecule has 4 nitrogen and oxygen atoms in total. The summed E-state index contributed by atoms with van der Waals surface area (Å²) in [6, 6.07) is 18.6. The zero-order valence-corrected chi connectivity index (χ0v) is 16.6. The summed E-state index contributed by atoms with van der Waals surface area (Å²) in [6.07, 6.45) is 5.29. The lowest BCUT2D eigenvalue weighted by molar-refractivity contribution is 0.0300. The van der Waals surface area contributed by atoms with Crippen molar-refractivity contribution < 1.29 is 4.79 Å². The predicted molar refractivity (Wildman–Crippen MR) is 113 cm³/mol. The summed E-state index contributed by atoms with van der Waals surface area (Å²) < 4.78 is 0. The predicted octanol–water partition coefficient (Wildman–Crippen LogP) is 3.66. The molecule has 2 N–H and O–H groups in total. The molecular weight excluding hydrogens is 346 g/mol. The molecule has 0 aliphatic carbocycles. The van der Waals surface area contributed by atoms with Gasteiger partial charge in [-0.2, -0.15) is 0 Å². The molecule has 0 atom stereocenters. The fraction of sp³-hybridized carbons (Fsp3) is 0.458. The maximum Gasteiger partial charge on any atom is 0.248 e. The van der Waals surface area contributed by atoms with Crippen LogP contribution in [0.2, 0.25) is 0 Å². The monoisotopic (exact) mass is 377 g/mol. The van der Waals surface area contributed by atoms with Gasteiger partial charge >= 0.3 is 0 Å². The zero-order valence-electron chi connectivity index (χ0n) is 16.6. The molecule has 2 fully saturated rings. The van der Waals surface area contributed by atoms with E-state index in [-0.39, 0.29) is 5.91 Å². The normalized spacial score (nSPS) is 20.3. The van der Waals surface area contributed by atoms with E-state index in [2.05, 4.69) is 40.1 Å². The number of likely N-dealkylation sites (tertiary alicyclic amines) is 2. The highest BCUT2D eigenvalue weighted by Crippen LogP contribution is 2.41. The van der Waals surface area contributed by atoms with Gasteiger partial charge in [-0.05, 0) is 80.5 Å². The van der Waals surface area contributed by atoms with E-state index in [0.29, 0.717) is 11.0 Å². The second-order valence-electron chi connectivity index (χ2n) is 8.60. The third kappa shape index (κ3) is 4.62. The van der Waals surface area contributed by atoms with Crippen LogP contribution in [0.5, 0.6) is 0 Å². The summed E-state index contributed by atoms with van der Waals surface area (Å²) in [5, 5.41) is 0. The maximum absolute atomic E-state index is 11.2. The number of benzene rings is 2. The van der Waals surface area contributed by atoms with Gasteiger partial charge in [-0.1, -0.05) is 42.5 Å². The Morgan fingerprint density at radius 2 is 1.21 bits per heavy atom. The van der Waals surface area contributed by atoms with E-state index in [1.165, 1.54) is 63.0 Å². The quantitative estimate of drug-likeness (QED) is 0.865. The summed E-state index contributed by atoms with van der Waals surface area (Å²) in [7, 11) is 0. The number of nitrogens with two attached hydrogens (primary N) is 1. The first kappa shape index (κ1) is 19.2. The lowest BCUT2D eigenvalue weighted by Gasteiger charge is -2.47. The Labute approximate surface area is 168 Å². The van der Waals surface area contributed by atoms with E-state index in [0.717, 1.165) is 13.1 Å². The van der Waals surface area contributed by atoms with E-state index < -0.39 is 0 Å². The van der Waals surface area contributed by atoms with Crippen molar-refractivity contribution in [2.45, 2.75) is 38.8 Å². The molecule has 2 aromatic rings. The molecule has 4 rings (SSSR count). The number of carbonyl (C=O) groups is 1. The number of hydrogen-bond acceptors (Lipinski definition) is 3. The van der Waals surface area contributed by atoms with Crippen LogP contribution in [0.3, 0.4) is 0 Å². The molecule has 2 aliphatic heterocycles. The van der Waals surface area contributed by atoms with Crippen molar-refractivity contribution in [2.24, 2.45) is 11.1 Å². The zero-order chi connectivity index (χ0) is 19.4. The first-order chi connectivity index (χ1) is 13.6. The highest BCUT2D eigenvalue weighted by molar-refractivity contribution is 5.92. The van der Waals surface area contributed by atoms with Gasteiger partial charge in [-0.15, -0.1) is 0 Å². The fourth-order valence-electron chi connectivity index (χ4n) is 4.75. The summed E-state index contributed by atoms with van der Waals surface area (Å²) >= 11 is 0. The number of primary amides is 1. The Morgan fingerprint density at radius 3 is 1.68 bits per heavy atom. The van der Waals surface area contributed by atoms with Crippen LogP contribution >= 0.6 is 0 Å². The van der Waals surface area contributed by atoms with Gasteiger partial charge in [0.05, 0.1) is 0 Å². The Morgan fingerprint density at radius 1 is 0.750 bits per heavy atom. The average Bonchev–Trinajstić information content (AvgIpc) is 2.73. The van der Waals surface area contributed by atoms with E-state index in [1.54, 1.807) is 0 Å². The van der Waals surface area contributed by atoms with Gasteiger partial charge < -0.3 is 5.73 Å². The molecule has 0 aromatic heterocycles. The number of carbonyl (C=O) groups excluding carboxylic acids is 1. The number of nitrogens with zero attached hydrogens (tertiary/aromatic N) is 2. The number of rotatable bonds is 5. The van der Waals surface area contributed by atoms with Gasteiger partial charge in [0.1, 0.15) is 0 Å². The summed E-state index contributed by atoms with van der Waals surface area (Å²) in [5.41, 5.74) is 9.16. The van der Waals surface area contributed by atoms with Crippen molar-refractivity contribution in [1.82, 2.24) is 9.80 Å². The molecule has 2 saturated heterocycles. The van der Waals surface area contributed by atoms with Crippen molar-refractivity contribution in [1.29, 1.82) is 0 Å². The highest BCUT2D eigenvalue weighted by Gasteiger charge is 2.37. The first-order valence-electron chi connectivity index (χ1n) is 10.5. The minimum absolute atomic E-state index is 0.356. The van der Waals surface area contributed by atoms with Gasteiger partial charge in [0.15, 0.2) is 0 Å². The van der Waals surface area contributed by atoms with E-state index in [1.807, 2.05) is 24.3 Å². The Hall–Kier alpha value is -2.17. The highest BCUT2D eigenvalue weighted by atomic mass is 16.1. The largest absolute Gasteiger partial charge is 0.366 e. The SMILES string of the molecule is NC(=O)c1ccc(CN2CCC3(CCN(Cc4ccccc4)CC3)CC2)cc1. The van der Waals surface area contributed by atoms with Gasteiger partial charge in [0.25, 0.3) is 0 Å². The second kappa shape index (κ2) is 8.46. The smallest absolute Gasteiger partial charge is 0.248 e. The van der Waals surface area contributed by atoms with Gasteiger partial charge in [0.2, 0.25) is 5.91 Å². The maximum atomic E-state index is 11.2. The third-order valence-corrected chi connectivity index (χ3v) is 6.73. The molecule has 4 heteroatoms. The van der Waals surface area contributed by atoms with Crippen LogP contribution in [0.25, 0.3) is 0 Å². The molecule has 0 unspecified atom stereocenters. The molecule has 28 heavy (non-hydrogen) atoms. The molecular formula is C24H31N3O. The molecule has 2 heterocycles. The summed E-state index contributed by atoms with van der Waals surface area (Å²) in [4.78, 5) is 16.4. The van der Waals surface area contributed by atoms with Crippen LogP contribution in [0.15, 0.2) is 54.6 Å². The van der Waals surface area contributed by atoms with Crippen molar-refractivity contribution in [3.8, 4) is 0 Å². The summed E-state index contributed by atoms with van der Waals surface area (Å²) in [6.45, 7) is 6.86. The molecule has 2 aromatic carbocycles. The Balaban J connectivity index is 1.24. The van der Waals surface area contributed by atoms with E-state index in [4.69, 9.17) is 5.73 Å². The van der Waals surface area contributed by atoms with Crippen LogP contribution in [-0.2, 0) is 13.1 Å². The van der Waals surface area contributed by atoms with Crippen molar-refractivity contribution in [3.63, 3.8) is 0 Å². The molecule has 1 spiro atoms. The molecule has 2 aliphatic rings. The van der Waals surface area contributed by atoms with Gasteiger partial charge in [0, 0.05) is 18.7 Å². The lowest BCUT2D eigenvalue weighted by Crippen LogP contribution is -2.46. The van der Waals surface area contributed by atoms with Crippen LogP contribution in [0.4, 0.5) is 0 Å². The average molecular weight is 378 g/mol. The van der Waals surface area contributed by atoms with Crippen LogP contribution in [0, 0.1) is 5.41 Å². The van der Waals surface area contributed by atoms with Crippen LogP contribution in [0.1, 0.15) is 47.2 Å². The minimum atomic E-state index is -0.356. The minimum Gasteiger partial charge on any atom is -0.366 e. The van der Waals surface area contributed by atoms with Crippen molar-refractivity contribution in [3.05, 3.63) is 71.3 Å². The second-order valence-corrected chi connectivity index (χ2v) is 8.60. The fourth-order valence-corrected chi connectivity index (χ4v) is 4.75. The molecule has 0 saturated carbocycles. The van der Waals surface area contributed by atoms with Crippen molar-refractivity contribution in [2.75, 3.05) is 26.2 Å².